The average molecular weight is 432 g/mol. The number of rotatable bonds is 7. The summed E-state index contributed by atoms with van der Waals surface area (Å²) in [5.41, 5.74) is 3.44. The van der Waals surface area contributed by atoms with Crippen LogP contribution < -0.4 is 10.6 Å². The maximum atomic E-state index is 12.0. The van der Waals surface area contributed by atoms with Gasteiger partial charge in [0.25, 0.3) is 0 Å². The summed E-state index contributed by atoms with van der Waals surface area (Å²) in [4.78, 5) is 32.7. The van der Waals surface area contributed by atoms with Crippen LogP contribution in [0.25, 0.3) is 22.2 Å². The number of benzene rings is 1. The van der Waals surface area contributed by atoms with E-state index in [0.29, 0.717) is 37.4 Å². The highest BCUT2D eigenvalue weighted by Crippen LogP contribution is 2.29. The SMILES string of the molecule is Cn1c(Nc2nc(NC3CC3)c3ncn(CCN4CCCC4=O)c3n2)nc2ccccc21. The van der Waals surface area contributed by atoms with Crippen molar-refractivity contribution in [2.24, 2.45) is 7.05 Å². The van der Waals surface area contributed by atoms with E-state index in [-0.39, 0.29) is 5.91 Å². The van der Waals surface area contributed by atoms with E-state index in [2.05, 4.69) is 20.6 Å². The first-order valence-electron chi connectivity index (χ1n) is 11.1. The van der Waals surface area contributed by atoms with E-state index in [1.807, 2.05) is 45.3 Å². The van der Waals surface area contributed by atoms with Gasteiger partial charge in [-0.05, 0) is 31.4 Å². The number of likely N-dealkylation sites (tertiary alicyclic amines) is 1. The van der Waals surface area contributed by atoms with Crippen molar-refractivity contribution >= 4 is 45.8 Å². The highest BCUT2D eigenvalue weighted by molar-refractivity contribution is 5.85. The molecule has 0 atom stereocenters. The van der Waals surface area contributed by atoms with E-state index in [4.69, 9.17) is 9.97 Å². The molecule has 1 aliphatic carbocycles. The quantitative estimate of drug-likeness (QED) is 0.463. The van der Waals surface area contributed by atoms with Gasteiger partial charge in [-0.2, -0.15) is 9.97 Å². The van der Waals surface area contributed by atoms with E-state index in [9.17, 15) is 4.79 Å². The van der Waals surface area contributed by atoms with Crippen LogP contribution in [0.4, 0.5) is 17.7 Å². The lowest BCUT2D eigenvalue weighted by Crippen LogP contribution is -2.28. The lowest BCUT2D eigenvalue weighted by atomic mass is 10.3. The Morgan fingerprint density at radius 2 is 2.00 bits per heavy atom. The number of nitrogens with zero attached hydrogens (tertiary/aromatic N) is 7. The number of carbonyl (C=O) groups is 1. The number of aryl methyl sites for hydroxylation is 1. The predicted octanol–water partition coefficient (Wildman–Crippen LogP) is 2.65. The molecule has 1 aromatic carbocycles. The fraction of sp³-hybridized carbons (Fsp3) is 0.409. The molecule has 10 nitrogen and oxygen atoms in total. The molecule has 1 saturated carbocycles. The Kier molecular flexibility index (Phi) is 4.44. The number of anilines is 3. The van der Waals surface area contributed by atoms with Crippen LogP contribution in [0.3, 0.4) is 0 Å². The molecule has 1 aliphatic heterocycles. The highest BCUT2D eigenvalue weighted by atomic mass is 16.2. The fourth-order valence-corrected chi connectivity index (χ4v) is 4.21. The zero-order valence-corrected chi connectivity index (χ0v) is 18.0. The molecule has 32 heavy (non-hydrogen) atoms. The van der Waals surface area contributed by atoms with E-state index in [1.54, 1.807) is 6.33 Å². The topological polar surface area (TPSA) is 106 Å². The summed E-state index contributed by atoms with van der Waals surface area (Å²) in [6.45, 7) is 2.13. The third kappa shape index (κ3) is 3.41. The standard InChI is InChI=1S/C22H25N9O/c1-29-16-6-3-2-5-15(16)25-22(29)28-21-26-19(24-14-8-9-14)18-20(27-21)31(13-23-18)12-11-30-10-4-7-17(30)32/h2-3,5-6,13-14H,4,7-12H2,1H3,(H2,24,25,26,27,28). The van der Waals surface area contributed by atoms with Crippen molar-refractivity contribution in [1.82, 2.24) is 34.0 Å². The monoisotopic (exact) mass is 431 g/mol. The van der Waals surface area contributed by atoms with Gasteiger partial charge >= 0.3 is 0 Å². The van der Waals surface area contributed by atoms with Gasteiger partial charge < -0.3 is 19.4 Å². The smallest absolute Gasteiger partial charge is 0.233 e. The molecule has 2 N–H and O–H groups in total. The molecule has 10 heteroatoms. The number of nitrogens with one attached hydrogen (secondary N) is 2. The van der Waals surface area contributed by atoms with E-state index < -0.39 is 0 Å². The van der Waals surface area contributed by atoms with Crippen LogP contribution in [0.2, 0.25) is 0 Å². The molecule has 0 unspecified atom stereocenters. The molecule has 0 spiro atoms. The summed E-state index contributed by atoms with van der Waals surface area (Å²) >= 11 is 0. The number of imidazole rings is 2. The summed E-state index contributed by atoms with van der Waals surface area (Å²) in [6.07, 6.45) is 5.64. The highest BCUT2D eigenvalue weighted by Gasteiger charge is 2.25. The molecular weight excluding hydrogens is 406 g/mol. The van der Waals surface area contributed by atoms with Crippen LogP contribution in [0, 0.1) is 0 Å². The minimum atomic E-state index is 0.226. The first kappa shape index (κ1) is 19.0. The van der Waals surface area contributed by atoms with Crippen molar-refractivity contribution in [3.8, 4) is 0 Å². The van der Waals surface area contributed by atoms with E-state index >= 15 is 0 Å². The molecule has 0 bridgehead atoms. The fourth-order valence-electron chi connectivity index (χ4n) is 4.21. The molecule has 164 valence electrons. The molecule has 3 aromatic heterocycles. The number of fused-ring (bicyclic) bond motifs is 2. The van der Waals surface area contributed by atoms with E-state index in [0.717, 1.165) is 53.8 Å². The van der Waals surface area contributed by atoms with Crippen LogP contribution in [-0.4, -0.2) is 59.0 Å². The van der Waals surface area contributed by atoms with Crippen molar-refractivity contribution in [2.75, 3.05) is 23.7 Å². The maximum absolute atomic E-state index is 12.0. The summed E-state index contributed by atoms with van der Waals surface area (Å²) in [5, 5.41) is 6.78. The number of hydrogen-bond acceptors (Lipinski definition) is 7. The zero-order chi connectivity index (χ0) is 21.7. The van der Waals surface area contributed by atoms with Crippen molar-refractivity contribution in [3.63, 3.8) is 0 Å². The molecular formula is C22H25N9O. The van der Waals surface area contributed by atoms with Crippen LogP contribution in [0.1, 0.15) is 25.7 Å². The largest absolute Gasteiger partial charge is 0.365 e. The molecule has 4 aromatic rings. The Morgan fingerprint density at radius 1 is 1.12 bits per heavy atom. The van der Waals surface area contributed by atoms with Gasteiger partial charge in [-0.3, -0.25) is 10.1 Å². The van der Waals surface area contributed by atoms with Gasteiger partial charge in [0, 0.05) is 39.1 Å². The number of amides is 1. The number of carbonyl (C=O) groups excluding carboxylic acids is 1. The first-order valence-corrected chi connectivity index (χ1v) is 11.1. The van der Waals surface area contributed by atoms with Crippen LogP contribution >= 0.6 is 0 Å². The van der Waals surface area contributed by atoms with Crippen LogP contribution in [-0.2, 0) is 18.4 Å². The predicted molar refractivity (Wildman–Crippen MR) is 122 cm³/mol. The second kappa shape index (κ2) is 7.47. The summed E-state index contributed by atoms with van der Waals surface area (Å²) in [7, 11) is 1.97. The Morgan fingerprint density at radius 3 is 2.78 bits per heavy atom. The Labute approximate surface area is 184 Å². The molecule has 1 amide bonds. The van der Waals surface area contributed by atoms with E-state index in [1.165, 1.54) is 0 Å². The van der Waals surface area contributed by atoms with Gasteiger partial charge in [-0.1, -0.05) is 12.1 Å². The van der Waals surface area contributed by atoms with Crippen molar-refractivity contribution in [1.29, 1.82) is 0 Å². The van der Waals surface area contributed by atoms with Crippen LogP contribution in [0.15, 0.2) is 30.6 Å². The van der Waals surface area contributed by atoms with Gasteiger partial charge in [0.1, 0.15) is 0 Å². The normalized spacial score (nSPS) is 16.4. The third-order valence-electron chi connectivity index (χ3n) is 6.18. The number of aromatic nitrogens is 6. The average Bonchev–Trinajstić information content (AvgIpc) is 3.23. The van der Waals surface area contributed by atoms with Crippen molar-refractivity contribution in [3.05, 3.63) is 30.6 Å². The summed E-state index contributed by atoms with van der Waals surface area (Å²) in [6, 6.07) is 8.43. The van der Waals surface area contributed by atoms with Crippen LogP contribution in [0.5, 0.6) is 0 Å². The Hall–Kier alpha value is -3.69. The van der Waals surface area contributed by atoms with Gasteiger partial charge in [-0.15, -0.1) is 0 Å². The lowest BCUT2D eigenvalue weighted by Gasteiger charge is -2.16. The van der Waals surface area contributed by atoms with Crippen molar-refractivity contribution < 1.29 is 4.79 Å². The molecule has 2 fully saturated rings. The summed E-state index contributed by atoms with van der Waals surface area (Å²) in [5.74, 6) is 2.11. The molecule has 6 rings (SSSR count). The van der Waals surface area contributed by atoms with Gasteiger partial charge in [0.05, 0.1) is 17.4 Å². The molecule has 0 radical (unpaired) electrons. The molecule has 4 heterocycles. The second-order valence-electron chi connectivity index (χ2n) is 8.52. The minimum Gasteiger partial charge on any atom is -0.365 e. The Balaban J connectivity index is 1.34. The number of para-hydroxylation sites is 2. The van der Waals surface area contributed by atoms with Gasteiger partial charge in [0.2, 0.25) is 17.8 Å². The Bertz CT molecular complexity index is 1320. The molecule has 1 saturated heterocycles. The van der Waals surface area contributed by atoms with Crippen molar-refractivity contribution in [2.45, 2.75) is 38.3 Å². The first-order chi connectivity index (χ1) is 15.7. The zero-order valence-electron chi connectivity index (χ0n) is 18.0. The minimum absolute atomic E-state index is 0.226. The van der Waals surface area contributed by atoms with Gasteiger partial charge in [-0.25, -0.2) is 9.97 Å². The van der Waals surface area contributed by atoms with Gasteiger partial charge in [0.15, 0.2) is 17.0 Å². The molecule has 2 aliphatic rings. The third-order valence-corrected chi connectivity index (χ3v) is 6.18. The second-order valence-corrected chi connectivity index (χ2v) is 8.52. The lowest BCUT2D eigenvalue weighted by molar-refractivity contribution is -0.127. The number of hydrogen-bond donors (Lipinski definition) is 2. The summed E-state index contributed by atoms with van der Waals surface area (Å²) < 4.78 is 3.99. The maximum Gasteiger partial charge on any atom is 0.233 e.